The van der Waals surface area contributed by atoms with Gasteiger partial charge >= 0.3 is 0 Å². The summed E-state index contributed by atoms with van der Waals surface area (Å²) in [5.74, 6) is 0.749. The van der Waals surface area contributed by atoms with E-state index in [0.717, 1.165) is 17.2 Å². The molecule has 0 spiro atoms. The zero-order valence-electron chi connectivity index (χ0n) is 11.9. The molecule has 0 amide bonds. The first-order valence-electron chi connectivity index (χ1n) is 7.22. The number of hydrogen-bond donors (Lipinski definition) is 1. The standard InChI is InChI=1S/C16H23N3/c1-3-19-10-8-15(9-11-19)13(2)18-16-6-4-14(12-17)5-7-16/h4-7,13,15,18H,3,8-11H2,1-2H3. The molecular weight excluding hydrogens is 234 g/mol. The first-order chi connectivity index (χ1) is 9.22. The van der Waals surface area contributed by atoms with Crippen molar-refractivity contribution in [2.24, 2.45) is 5.92 Å². The Balaban J connectivity index is 1.87. The van der Waals surface area contributed by atoms with Crippen LogP contribution in [-0.2, 0) is 0 Å². The Labute approximate surface area is 116 Å². The lowest BCUT2D eigenvalue weighted by atomic mass is 9.90. The molecule has 0 bridgehead atoms. The van der Waals surface area contributed by atoms with Gasteiger partial charge in [0.05, 0.1) is 11.6 Å². The molecule has 2 rings (SSSR count). The third kappa shape index (κ3) is 3.71. The van der Waals surface area contributed by atoms with Gasteiger partial charge in [0.2, 0.25) is 0 Å². The Morgan fingerprint density at radius 3 is 2.47 bits per heavy atom. The molecule has 0 saturated carbocycles. The van der Waals surface area contributed by atoms with E-state index >= 15 is 0 Å². The Kier molecular flexibility index (Phi) is 4.81. The normalized spacial score (nSPS) is 18.8. The van der Waals surface area contributed by atoms with Gasteiger partial charge in [-0.15, -0.1) is 0 Å². The maximum atomic E-state index is 8.79. The van der Waals surface area contributed by atoms with Gasteiger partial charge in [0.15, 0.2) is 0 Å². The third-order valence-corrected chi connectivity index (χ3v) is 4.19. The second-order valence-electron chi connectivity index (χ2n) is 5.39. The van der Waals surface area contributed by atoms with Crippen LogP contribution in [0.4, 0.5) is 5.69 Å². The molecule has 1 N–H and O–H groups in total. The van der Waals surface area contributed by atoms with Crippen molar-refractivity contribution in [1.29, 1.82) is 5.26 Å². The first kappa shape index (κ1) is 13.9. The number of likely N-dealkylation sites (tertiary alicyclic amines) is 1. The van der Waals surface area contributed by atoms with Crippen molar-refractivity contribution in [3.63, 3.8) is 0 Å². The highest BCUT2D eigenvalue weighted by Gasteiger charge is 2.22. The summed E-state index contributed by atoms with van der Waals surface area (Å²) in [6, 6.07) is 10.4. The Morgan fingerprint density at radius 2 is 1.95 bits per heavy atom. The predicted octanol–water partition coefficient (Wildman–Crippen LogP) is 3.09. The van der Waals surface area contributed by atoms with Gasteiger partial charge < -0.3 is 10.2 Å². The fourth-order valence-electron chi connectivity index (χ4n) is 2.79. The van der Waals surface area contributed by atoms with Gasteiger partial charge in [-0.2, -0.15) is 5.26 Å². The van der Waals surface area contributed by atoms with Gasteiger partial charge in [-0.1, -0.05) is 6.92 Å². The monoisotopic (exact) mass is 257 g/mol. The van der Waals surface area contributed by atoms with Crippen molar-refractivity contribution in [1.82, 2.24) is 4.90 Å². The largest absolute Gasteiger partial charge is 0.382 e. The topological polar surface area (TPSA) is 39.1 Å². The van der Waals surface area contributed by atoms with Crippen molar-refractivity contribution in [3.05, 3.63) is 29.8 Å². The van der Waals surface area contributed by atoms with Crippen molar-refractivity contribution in [2.75, 3.05) is 25.0 Å². The fraction of sp³-hybridized carbons (Fsp3) is 0.562. The average molecular weight is 257 g/mol. The lowest BCUT2D eigenvalue weighted by Gasteiger charge is -2.34. The summed E-state index contributed by atoms with van der Waals surface area (Å²) in [6.07, 6.45) is 2.55. The van der Waals surface area contributed by atoms with E-state index < -0.39 is 0 Å². The van der Waals surface area contributed by atoms with Gasteiger partial charge in [0.1, 0.15) is 0 Å². The fourth-order valence-corrected chi connectivity index (χ4v) is 2.79. The van der Waals surface area contributed by atoms with E-state index in [1.807, 2.05) is 24.3 Å². The molecule has 1 heterocycles. The molecule has 3 nitrogen and oxygen atoms in total. The number of piperidine rings is 1. The van der Waals surface area contributed by atoms with Crippen molar-refractivity contribution >= 4 is 5.69 Å². The van der Waals surface area contributed by atoms with E-state index in [4.69, 9.17) is 5.26 Å². The van der Waals surface area contributed by atoms with Gasteiger partial charge in [-0.25, -0.2) is 0 Å². The number of nitrogens with one attached hydrogen (secondary N) is 1. The van der Waals surface area contributed by atoms with Crippen LogP contribution in [0.2, 0.25) is 0 Å². The molecule has 3 heteroatoms. The highest BCUT2D eigenvalue weighted by atomic mass is 15.1. The van der Waals surface area contributed by atoms with E-state index in [1.54, 1.807) is 0 Å². The van der Waals surface area contributed by atoms with Crippen LogP contribution < -0.4 is 5.32 Å². The van der Waals surface area contributed by atoms with E-state index in [2.05, 4.69) is 30.1 Å². The SMILES string of the molecule is CCN1CCC(C(C)Nc2ccc(C#N)cc2)CC1. The summed E-state index contributed by atoms with van der Waals surface area (Å²) < 4.78 is 0. The Bertz CT molecular complexity index is 424. The summed E-state index contributed by atoms with van der Waals surface area (Å²) in [5, 5.41) is 12.4. The van der Waals surface area contributed by atoms with Crippen LogP contribution in [0.1, 0.15) is 32.3 Å². The molecule has 19 heavy (non-hydrogen) atoms. The molecule has 0 aromatic heterocycles. The molecule has 1 unspecified atom stereocenters. The number of nitrogens with zero attached hydrogens (tertiary/aromatic N) is 2. The number of hydrogen-bond acceptors (Lipinski definition) is 3. The summed E-state index contributed by atoms with van der Waals surface area (Å²) in [5.41, 5.74) is 1.83. The molecular formula is C16H23N3. The molecule has 1 aromatic carbocycles. The van der Waals surface area contributed by atoms with E-state index in [1.165, 1.54) is 32.5 Å². The smallest absolute Gasteiger partial charge is 0.0991 e. The summed E-state index contributed by atoms with van der Waals surface area (Å²) in [6.45, 7) is 8.12. The van der Waals surface area contributed by atoms with E-state index in [0.29, 0.717) is 6.04 Å². The molecule has 1 saturated heterocycles. The van der Waals surface area contributed by atoms with Crippen molar-refractivity contribution in [3.8, 4) is 6.07 Å². The zero-order valence-corrected chi connectivity index (χ0v) is 11.9. The number of nitriles is 1. The van der Waals surface area contributed by atoms with Gasteiger partial charge in [0, 0.05) is 11.7 Å². The van der Waals surface area contributed by atoms with Crippen LogP contribution in [0.15, 0.2) is 24.3 Å². The molecule has 1 aliphatic rings. The second kappa shape index (κ2) is 6.58. The minimum Gasteiger partial charge on any atom is -0.382 e. The summed E-state index contributed by atoms with van der Waals surface area (Å²) in [4.78, 5) is 2.52. The highest BCUT2D eigenvalue weighted by Crippen LogP contribution is 2.23. The number of anilines is 1. The molecule has 0 aliphatic carbocycles. The number of benzene rings is 1. The Hall–Kier alpha value is -1.53. The maximum Gasteiger partial charge on any atom is 0.0991 e. The lowest BCUT2D eigenvalue weighted by Crippen LogP contribution is -2.39. The zero-order chi connectivity index (χ0) is 13.7. The van der Waals surface area contributed by atoms with Crippen molar-refractivity contribution in [2.45, 2.75) is 32.7 Å². The van der Waals surface area contributed by atoms with Gasteiger partial charge in [0.25, 0.3) is 0 Å². The van der Waals surface area contributed by atoms with E-state index in [9.17, 15) is 0 Å². The van der Waals surface area contributed by atoms with Crippen LogP contribution in [0.5, 0.6) is 0 Å². The first-order valence-corrected chi connectivity index (χ1v) is 7.22. The van der Waals surface area contributed by atoms with Gasteiger partial charge in [-0.3, -0.25) is 0 Å². The summed E-state index contributed by atoms with van der Waals surface area (Å²) in [7, 11) is 0. The number of rotatable bonds is 4. The molecule has 1 aliphatic heterocycles. The Morgan fingerprint density at radius 1 is 1.32 bits per heavy atom. The highest BCUT2D eigenvalue weighted by molar-refractivity contribution is 5.47. The molecule has 1 atom stereocenters. The average Bonchev–Trinajstić information content (AvgIpc) is 2.48. The lowest BCUT2D eigenvalue weighted by molar-refractivity contribution is 0.183. The quantitative estimate of drug-likeness (QED) is 0.901. The van der Waals surface area contributed by atoms with E-state index in [-0.39, 0.29) is 0 Å². The van der Waals surface area contributed by atoms with Crippen LogP contribution in [0.3, 0.4) is 0 Å². The molecule has 1 aromatic rings. The van der Waals surface area contributed by atoms with Crippen LogP contribution in [0.25, 0.3) is 0 Å². The molecule has 0 radical (unpaired) electrons. The third-order valence-electron chi connectivity index (χ3n) is 4.19. The predicted molar refractivity (Wildman–Crippen MR) is 79.1 cm³/mol. The van der Waals surface area contributed by atoms with Crippen LogP contribution in [0, 0.1) is 17.2 Å². The second-order valence-corrected chi connectivity index (χ2v) is 5.39. The minimum absolute atomic E-state index is 0.493. The summed E-state index contributed by atoms with van der Waals surface area (Å²) >= 11 is 0. The van der Waals surface area contributed by atoms with Crippen LogP contribution in [-0.4, -0.2) is 30.6 Å². The molecule has 102 valence electrons. The van der Waals surface area contributed by atoms with Crippen molar-refractivity contribution < 1.29 is 0 Å². The van der Waals surface area contributed by atoms with Gasteiger partial charge in [-0.05, 0) is 69.6 Å². The molecule has 1 fully saturated rings. The maximum absolute atomic E-state index is 8.79. The van der Waals surface area contributed by atoms with Crippen LogP contribution >= 0.6 is 0 Å². The minimum atomic E-state index is 0.493.